The molecule has 0 radical (unpaired) electrons. The number of hydrogen-bond donors (Lipinski definition) is 1. The lowest BCUT2D eigenvalue weighted by Gasteiger charge is -2.16. The number of aliphatic imine (C=N–C) groups is 1. The molecule has 0 spiro atoms. The molecular weight excluding hydrogens is 280 g/mol. The van der Waals surface area contributed by atoms with E-state index in [9.17, 15) is 8.42 Å². The van der Waals surface area contributed by atoms with Gasteiger partial charge in [-0.15, -0.1) is 0 Å². The number of sulfonamides is 1. The van der Waals surface area contributed by atoms with Crippen LogP contribution in [0.2, 0.25) is 0 Å². The lowest BCUT2D eigenvalue weighted by molar-refractivity contribution is -0.137. The molecule has 1 aromatic carbocycles. The monoisotopic (exact) mass is 296 g/mol. The molecule has 0 bridgehead atoms. The molecule has 6 nitrogen and oxygen atoms in total. The lowest BCUT2D eigenvalue weighted by atomic mass is 10.2. The molecule has 1 fully saturated rings. The van der Waals surface area contributed by atoms with Gasteiger partial charge in [0.2, 0.25) is 0 Å². The zero-order chi connectivity index (χ0) is 14.4. The van der Waals surface area contributed by atoms with Crippen molar-refractivity contribution in [3.63, 3.8) is 0 Å². The molecule has 1 N–H and O–H groups in total. The Balaban J connectivity index is 1.81. The van der Waals surface area contributed by atoms with Crippen molar-refractivity contribution >= 4 is 15.9 Å². The van der Waals surface area contributed by atoms with Crippen LogP contribution < -0.4 is 4.72 Å². The average molecular weight is 296 g/mol. The largest absolute Gasteiger partial charge is 0.348 e. The van der Waals surface area contributed by atoms with Crippen molar-refractivity contribution in [3.05, 3.63) is 29.8 Å². The fourth-order valence-corrected chi connectivity index (χ4v) is 3.55. The number of hydrogen-bond acceptors (Lipinski definition) is 5. The molecule has 2 aliphatic rings. The standard InChI is InChI=1S/C13H16N2O4S/c1-13(2)18-8-9(19-13)7-14-12-10-5-3-4-6-11(10)20(16,17)15-12/h3-6,9H,7-8H2,1-2H3,(H,14,15). The number of benzene rings is 1. The minimum atomic E-state index is -3.48. The van der Waals surface area contributed by atoms with Crippen molar-refractivity contribution in [2.45, 2.75) is 30.6 Å². The van der Waals surface area contributed by atoms with Crippen LogP contribution in [0, 0.1) is 0 Å². The van der Waals surface area contributed by atoms with Crippen molar-refractivity contribution in [1.82, 2.24) is 4.72 Å². The van der Waals surface area contributed by atoms with Crippen molar-refractivity contribution in [2.24, 2.45) is 4.99 Å². The van der Waals surface area contributed by atoms with Crippen LogP contribution in [0.4, 0.5) is 0 Å². The summed E-state index contributed by atoms with van der Waals surface area (Å²) in [4.78, 5) is 4.60. The summed E-state index contributed by atoms with van der Waals surface area (Å²) in [7, 11) is -3.48. The zero-order valence-corrected chi connectivity index (χ0v) is 12.1. The number of rotatable bonds is 2. The van der Waals surface area contributed by atoms with Crippen molar-refractivity contribution in [1.29, 1.82) is 0 Å². The first-order chi connectivity index (χ1) is 9.37. The van der Waals surface area contributed by atoms with E-state index >= 15 is 0 Å². The Morgan fingerprint density at radius 3 is 2.85 bits per heavy atom. The second kappa shape index (κ2) is 4.54. The van der Waals surface area contributed by atoms with Crippen molar-refractivity contribution < 1.29 is 17.9 Å². The summed E-state index contributed by atoms with van der Waals surface area (Å²) in [6.07, 6.45) is -0.158. The Bertz CT molecular complexity index is 667. The first-order valence-electron chi connectivity index (χ1n) is 6.36. The topological polar surface area (TPSA) is 77.0 Å². The van der Waals surface area contributed by atoms with Gasteiger partial charge in [0, 0.05) is 5.56 Å². The summed E-state index contributed by atoms with van der Waals surface area (Å²) in [5, 5.41) is 0. The average Bonchev–Trinajstić information content (AvgIpc) is 2.86. The molecule has 2 heterocycles. The normalized spacial score (nSPS) is 28.3. The Morgan fingerprint density at radius 1 is 1.40 bits per heavy atom. The van der Waals surface area contributed by atoms with Gasteiger partial charge in [0.25, 0.3) is 10.0 Å². The van der Waals surface area contributed by atoms with E-state index in [0.717, 1.165) is 0 Å². The van der Waals surface area contributed by atoms with E-state index < -0.39 is 15.8 Å². The maximum Gasteiger partial charge on any atom is 0.263 e. The third kappa shape index (κ3) is 2.44. The number of fused-ring (bicyclic) bond motifs is 1. The summed E-state index contributed by atoms with van der Waals surface area (Å²) in [5.74, 6) is -0.230. The van der Waals surface area contributed by atoms with Gasteiger partial charge in [-0.1, -0.05) is 12.1 Å². The Kier molecular flexibility index (Phi) is 3.07. The van der Waals surface area contributed by atoms with Crippen molar-refractivity contribution in [3.8, 4) is 0 Å². The van der Waals surface area contributed by atoms with E-state index in [-0.39, 0.29) is 11.0 Å². The van der Waals surface area contributed by atoms with Gasteiger partial charge in [0.15, 0.2) is 5.79 Å². The highest BCUT2D eigenvalue weighted by molar-refractivity contribution is 7.90. The predicted molar refractivity (Wildman–Crippen MR) is 73.1 cm³/mol. The van der Waals surface area contributed by atoms with Crippen LogP contribution in [0.1, 0.15) is 19.4 Å². The first-order valence-corrected chi connectivity index (χ1v) is 7.84. The summed E-state index contributed by atoms with van der Waals surface area (Å²) in [6, 6.07) is 6.78. The Labute approximate surface area is 117 Å². The van der Waals surface area contributed by atoms with E-state index in [4.69, 9.17) is 9.47 Å². The van der Waals surface area contributed by atoms with Gasteiger partial charge in [-0.2, -0.15) is 0 Å². The molecule has 2 aliphatic heterocycles. The van der Waals surface area contributed by atoms with Gasteiger partial charge >= 0.3 is 0 Å². The molecule has 0 amide bonds. The molecule has 108 valence electrons. The van der Waals surface area contributed by atoms with Crippen molar-refractivity contribution in [2.75, 3.05) is 13.2 Å². The second-order valence-corrected chi connectivity index (χ2v) is 6.89. The maximum absolute atomic E-state index is 11.9. The fraction of sp³-hybridized carbons (Fsp3) is 0.462. The molecule has 0 aliphatic carbocycles. The number of ether oxygens (including phenoxy) is 2. The highest BCUT2D eigenvalue weighted by atomic mass is 32.2. The molecule has 0 saturated carbocycles. The van der Waals surface area contributed by atoms with Crippen LogP contribution in [0.5, 0.6) is 0 Å². The zero-order valence-electron chi connectivity index (χ0n) is 11.3. The second-order valence-electron chi connectivity index (χ2n) is 5.24. The quantitative estimate of drug-likeness (QED) is 0.879. The van der Waals surface area contributed by atoms with Gasteiger partial charge in [0.05, 0.1) is 18.0 Å². The smallest absolute Gasteiger partial charge is 0.263 e. The summed E-state index contributed by atoms with van der Waals surface area (Å²) in [6.45, 7) is 4.50. The van der Waals surface area contributed by atoms with Crippen LogP contribution in [0.3, 0.4) is 0 Å². The maximum atomic E-state index is 11.9. The molecular formula is C13H16N2O4S. The molecule has 1 unspecified atom stereocenters. The molecule has 1 aromatic rings. The van der Waals surface area contributed by atoms with Crippen LogP contribution in [-0.2, 0) is 19.5 Å². The van der Waals surface area contributed by atoms with E-state index in [1.54, 1.807) is 24.3 Å². The van der Waals surface area contributed by atoms with E-state index in [2.05, 4.69) is 9.71 Å². The van der Waals surface area contributed by atoms with Crippen LogP contribution in [0.25, 0.3) is 0 Å². The van der Waals surface area contributed by atoms with Crippen LogP contribution >= 0.6 is 0 Å². The van der Waals surface area contributed by atoms with Gasteiger partial charge in [-0.05, 0) is 26.0 Å². The summed E-state index contributed by atoms with van der Waals surface area (Å²) >= 11 is 0. The van der Waals surface area contributed by atoms with Crippen LogP contribution in [-0.4, -0.2) is 39.3 Å². The number of amidine groups is 1. The third-order valence-corrected chi connectivity index (χ3v) is 4.58. The SMILES string of the molecule is CC1(C)OCC(CN=C2NS(=O)(=O)c3ccccc32)O1. The molecule has 20 heavy (non-hydrogen) atoms. The predicted octanol–water partition coefficient (Wildman–Crippen LogP) is 0.877. The van der Waals surface area contributed by atoms with E-state index in [1.165, 1.54) is 0 Å². The minimum absolute atomic E-state index is 0.158. The number of nitrogens with zero attached hydrogens (tertiary/aromatic N) is 1. The summed E-state index contributed by atoms with van der Waals surface area (Å²) in [5.41, 5.74) is 0.602. The molecule has 1 atom stereocenters. The van der Waals surface area contributed by atoms with E-state index in [1.807, 2.05) is 13.8 Å². The highest BCUT2D eigenvalue weighted by Crippen LogP contribution is 2.24. The lowest BCUT2D eigenvalue weighted by Crippen LogP contribution is -2.25. The molecule has 3 rings (SSSR count). The van der Waals surface area contributed by atoms with E-state index in [0.29, 0.717) is 24.6 Å². The first kappa shape index (κ1) is 13.5. The number of nitrogens with one attached hydrogen (secondary N) is 1. The van der Waals surface area contributed by atoms with Gasteiger partial charge in [-0.3, -0.25) is 9.71 Å². The Morgan fingerprint density at radius 2 is 2.15 bits per heavy atom. The van der Waals surface area contributed by atoms with Gasteiger partial charge in [0.1, 0.15) is 11.9 Å². The molecule has 0 aromatic heterocycles. The molecule has 7 heteroatoms. The highest BCUT2D eigenvalue weighted by Gasteiger charge is 2.34. The third-order valence-electron chi connectivity index (χ3n) is 3.18. The van der Waals surface area contributed by atoms with Gasteiger partial charge < -0.3 is 9.47 Å². The minimum Gasteiger partial charge on any atom is -0.348 e. The van der Waals surface area contributed by atoms with Crippen LogP contribution in [0.15, 0.2) is 34.2 Å². The summed E-state index contributed by atoms with van der Waals surface area (Å²) < 4.78 is 37.4. The molecule has 1 saturated heterocycles. The Hall–Kier alpha value is -1.44. The van der Waals surface area contributed by atoms with Gasteiger partial charge in [-0.25, -0.2) is 8.42 Å². The fourth-order valence-electron chi connectivity index (χ4n) is 2.30.